The SMILES string of the molecule is CC(Nc1ccccc1C(=O)O)c1cc(F)cc2c(=O)cc(N3CCC4(CC3)CC4)oc12.O=C(O)C(F)(F)F. The number of halogens is 4. The van der Waals surface area contributed by atoms with E-state index < -0.39 is 30.0 Å². The lowest BCUT2D eigenvalue weighted by atomic mass is 9.94. The maximum Gasteiger partial charge on any atom is 0.490 e. The molecule has 1 aliphatic carbocycles. The van der Waals surface area contributed by atoms with E-state index in [0.29, 0.717) is 28.1 Å². The highest BCUT2D eigenvalue weighted by Gasteiger charge is 2.44. The van der Waals surface area contributed by atoms with Crippen molar-refractivity contribution in [2.24, 2.45) is 5.41 Å². The third-order valence-corrected chi connectivity index (χ3v) is 7.14. The van der Waals surface area contributed by atoms with Gasteiger partial charge in [0.1, 0.15) is 11.4 Å². The van der Waals surface area contributed by atoms with Crippen LogP contribution < -0.4 is 15.6 Å². The molecule has 3 aromatic rings. The van der Waals surface area contributed by atoms with E-state index in [2.05, 4.69) is 10.2 Å². The topological polar surface area (TPSA) is 120 Å². The van der Waals surface area contributed by atoms with Crippen LogP contribution in [0.25, 0.3) is 11.0 Å². The minimum atomic E-state index is -5.08. The first-order valence-electron chi connectivity index (χ1n) is 12.2. The van der Waals surface area contributed by atoms with Crippen LogP contribution in [0.4, 0.5) is 29.1 Å². The number of benzene rings is 2. The van der Waals surface area contributed by atoms with Gasteiger partial charge in [0.25, 0.3) is 0 Å². The van der Waals surface area contributed by atoms with Gasteiger partial charge in [-0.05, 0) is 62.3 Å². The van der Waals surface area contributed by atoms with Crippen LogP contribution in [-0.2, 0) is 4.79 Å². The minimum Gasteiger partial charge on any atom is -0.478 e. The van der Waals surface area contributed by atoms with Crippen LogP contribution in [0.2, 0.25) is 0 Å². The molecule has 1 aromatic heterocycles. The van der Waals surface area contributed by atoms with Gasteiger partial charge in [-0.2, -0.15) is 13.2 Å². The molecule has 1 saturated heterocycles. The second-order valence-electron chi connectivity index (χ2n) is 9.83. The van der Waals surface area contributed by atoms with E-state index in [1.165, 1.54) is 37.1 Å². The summed E-state index contributed by atoms with van der Waals surface area (Å²) >= 11 is 0. The second-order valence-corrected chi connectivity index (χ2v) is 9.83. The molecule has 2 aliphatic rings. The number of carboxylic acid groups (broad SMARTS) is 2. The van der Waals surface area contributed by atoms with Crippen molar-refractivity contribution in [1.82, 2.24) is 0 Å². The first-order valence-corrected chi connectivity index (χ1v) is 12.2. The normalized spacial score (nSPS) is 16.8. The molecule has 0 amide bonds. The number of piperidine rings is 1. The van der Waals surface area contributed by atoms with Crippen molar-refractivity contribution < 1.29 is 41.8 Å². The zero-order chi connectivity index (χ0) is 28.5. The summed E-state index contributed by atoms with van der Waals surface area (Å²) in [6.45, 7) is 3.47. The molecule has 1 atom stereocenters. The standard InChI is InChI=1S/C25H25FN2O4.C2HF3O2/c1-15(27-20-5-3-2-4-17(20)24(30)31)18-12-16(26)13-19-21(29)14-22(32-23(18)19)28-10-8-25(6-7-25)9-11-28;3-2(4,5)1(6)7/h2-5,12-15,27H,6-11H2,1H3,(H,30,31);(H,6,7). The number of para-hydroxylation sites is 1. The lowest BCUT2D eigenvalue weighted by Crippen LogP contribution is -2.34. The summed E-state index contributed by atoms with van der Waals surface area (Å²) in [5.74, 6) is -3.85. The third-order valence-electron chi connectivity index (χ3n) is 7.14. The van der Waals surface area contributed by atoms with Crippen molar-refractivity contribution in [2.75, 3.05) is 23.3 Å². The number of hydrogen-bond acceptors (Lipinski definition) is 6. The van der Waals surface area contributed by atoms with E-state index in [1.54, 1.807) is 25.1 Å². The summed E-state index contributed by atoms with van der Waals surface area (Å²) in [6.07, 6.45) is -0.330. The predicted molar refractivity (Wildman–Crippen MR) is 135 cm³/mol. The minimum absolute atomic E-state index is 0.115. The number of alkyl halides is 3. The Morgan fingerprint density at radius 2 is 1.67 bits per heavy atom. The molecule has 208 valence electrons. The number of hydrogen-bond donors (Lipinski definition) is 3. The molecule has 0 radical (unpaired) electrons. The van der Waals surface area contributed by atoms with E-state index in [-0.39, 0.29) is 16.4 Å². The lowest BCUT2D eigenvalue weighted by Gasteiger charge is -2.32. The van der Waals surface area contributed by atoms with Gasteiger partial charge in [-0.1, -0.05) is 12.1 Å². The first kappa shape index (κ1) is 27.9. The molecule has 1 aliphatic heterocycles. The lowest BCUT2D eigenvalue weighted by molar-refractivity contribution is -0.192. The Morgan fingerprint density at radius 1 is 1.05 bits per heavy atom. The number of anilines is 2. The fourth-order valence-electron chi connectivity index (χ4n) is 4.70. The highest BCUT2D eigenvalue weighted by molar-refractivity contribution is 5.94. The van der Waals surface area contributed by atoms with Gasteiger partial charge in [-0.3, -0.25) is 4.79 Å². The van der Waals surface area contributed by atoms with Gasteiger partial charge in [-0.25, -0.2) is 14.0 Å². The van der Waals surface area contributed by atoms with Gasteiger partial charge in [0.15, 0.2) is 11.3 Å². The molecule has 1 saturated carbocycles. The van der Waals surface area contributed by atoms with Crippen LogP contribution in [0, 0.1) is 11.2 Å². The first-order chi connectivity index (χ1) is 18.3. The smallest absolute Gasteiger partial charge is 0.478 e. The van der Waals surface area contributed by atoms with E-state index >= 15 is 0 Å². The molecule has 0 bridgehead atoms. The van der Waals surface area contributed by atoms with Crippen molar-refractivity contribution in [2.45, 2.75) is 44.8 Å². The summed E-state index contributed by atoms with van der Waals surface area (Å²) < 4.78 is 52.4. The van der Waals surface area contributed by atoms with Crippen molar-refractivity contribution in [3.8, 4) is 0 Å². The van der Waals surface area contributed by atoms with Gasteiger partial charge >= 0.3 is 18.1 Å². The zero-order valence-corrected chi connectivity index (χ0v) is 20.8. The average Bonchev–Trinajstić information content (AvgIpc) is 3.63. The second kappa shape index (κ2) is 10.6. The van der Waals surface area contributed by atoms with Crippen LogP contribution in [0.1, 0.15) is 54.6 Å². The third kappa shape index (κ3) is 6.32. The molecular formula is C27H26F4N2O6. The van der Waals surface area contributed by atoms with Crippen LogP contribution in [0.15, 0.2) is 51.7 Å². The Bertz CT molecular complexity index is 1450. The van der Waals surface area contributed by atoms with Crippen LogP contribution in [-0.4, -0.2) is 41.4 Å². The van der Waals surface area contributed by atoms with Gasteiger partial charge < -0.3 is 24.8 Å². The molecule has 3 N–H and O–H groups in total. The number of fused-ring (bicyclic) bond motifs is 1. The predicted octanol–water partition coefficient (Wildman–Crippen LogP) is 5.82. The quantitative estimate of drug-likeness (QED) is 0.340. The van der Waals surface area contributed by atoms with Crippen molar-refractivity contribution in [1.29, 1.82) is 0 Å². The maximum absolute atomic E-state index is 14.4. The van der Waals surface area contributed by atoms with Crippen molar-refractivity contribution in [3.63, 3.8) is 0 Å². The summed E-state index contributed by atoms with van der Waals surface area (Å²) in [5, 5.41) is 19.9. The van der Waals surface area contributed by atoms with Gasteiger partial charge in [0, 0.05) is 30.4 Å². The summed E-state index contributed by atoms with van der Waals surface area (Å²) in [7, 11) is 0. The molecule has 8 nitrogen and oxygen atoms in total. The Labute approximate surface area is 219 Å². The van der Waals surface area contributed by atoms with Crippen molar-refractivity contribution in [3.05, 3.63) is 69.6 Å². The number of carboxylic acids is 2. The average molecular weight is 551 g/mol. The van der Waals surface area contributed by atoms with Crippen LogP contribution in [0.5, 0.6) is 0 Å². The van der Waals surface area contributed by atoms with Crippen LogP contribution in [0.3, 0.4) is 0 Å². The van der Waals surface area contributed by atoms with E-state index in [1.807, 2.05) is 0 Å². The highest BCUT2D eigenvalue weighted by Crippen LogP contribution is 2.54. The van der Waals surface area contributed by atoms with Gasteiger partial charge in [0.05, 0.1) is 17.0 Å². The van der Waals surface area contributed by atoms with Crippen molar-refractivity contribution >= 4 is 34.5 Å². The fourth-order valence-corrected chi connectivity index (χ4v) is 4.70. The Morgan fingerprint density at radius 3 is 2.23 bits per heavy atom. The molecule has 39 heavy (non-hydrogen) atoms. The Hall–Kier alpha value is -4.09. The van der Waals surface area contributed by atoms with E-state index in [9.17, 15) is 32.3 Å². The molecule has 2 aromatic carbocycles. The van der Waals surface area contributed by atoms with Crippen LogP contribution >= 0.6 is 0 Å². The summed E-state index contributed by atoms with van der Waals surface area (Å²) in [4.78, 5) is 35.4. The zero-order valence-electron chi connectivity index (χ0n) is 20.8. The number of nitrogens with one attached hydrogen (secondary N) is 1. The van der Waals surface area contributed by atoms with Gasteiger partial charge in [-0.15, -0.1) is 0 Å². The maximum atomic E-state index is 14.4. The molecule has 12 heteroatoms. The Balaban J connectivity index is 0.000000448. The number of aromatic carboxylic acids is 1. The molecule has 2 fully saturated rings. The Kier molecular flexibility index (Phi) is 7.58. The molecular weight excluding hydrogens is 524 g/mol. The fraction of sp³-hybridized carbons (Fsp3) is 0.370. The highest BCUT2D eigenvalue weighted by atomic mass is 19.4. The van der Waals surface area contributed by atoms with E-state index in [4.69, 9.17) is 14.3 Å². The number of nitrogens with zero attached hydrogens (tertiary/aromatic N) is 1. The summed E-state index contributed by atoms with van der Waals surface area (Å²) in [6, 6.07) is 10.0. The monoisotopic (exact) mass is 550 g/mol. The number of carbonyl (C=O) groups is 2. The molecule has 2 heterocycles. The number of rotatable bonds is 5. The molecule has 1 spiro atoms. The van der Waals surface area contributed by atoms with E-state index in [0.717, 1.165) is 25.9 Å². The number of aliphatic carboxylic acids is 1. The summed E-state index contributed by atoms with van der Waals surface area (Å²) in [5.41, 5.74) is 1.53. The molecule has 1 unspecified atom stereocenters. The largest absolute Gasteiger partial charge is 0.490 e. The molecule has 5 rings (SSSR count). The van der Waals surface area contributed by atoms with Gasteiger partial charge in [0.2, 0.25) is 0 Å².